The summed E-state index contributed by atoms with van der Waals surface area (Å²) in [6.45, 7) is 2.21. The maximum absolute atomic E-state index is 12.1. The molecule has 1 aromatic rings. The number of nitrogens with one attached hydrogen (secondary N) is 2. The van der Waals surface area contributed by atoms with E-state index in [1.807, 2.05) is 0 Å². The molecule has 3 N–H and O–H groups in total. The highest BCUT2D eigenvalue weighted by atomic mass is 16.3. The molecule has 0 bridgehead atoms. The standard InChI is InChI=1S/C15H20N2O2/c18-14-4-2-1-3-13(14)15(19)17-12-6-5-10-8-16-9-11(10)7-12/h1-4,10-12,16,18H,5-9H2,(H,17,19)/t10-,11+,12?/m0/s1. The Morgan fingerprint density at radius 3 is 2.84 bits per heavy atom. The molecule has 4 heteroatoms. The minimum atomic E-state index is -0.160. The van der Waals surface area contributed by atoms with Gasteiger partial charge in [-0.3, -0.25) is 4.79 Å². The number of fused-ring (bicyclic) bond motifs is 1. The van der Waals surface area contributed by atoms with E-state index in [1.165, 1.54) is 6.42 Å². The average molecular weight is 260 g/mol. The molecule has 0 spiro atoms. The van der Waals surface area contributed by atoms with Gasteiger partial charge in [-0.2, -0.15) is 0 Å². The third-order valence-corrected chi connectivity index (χ3v) is 4.44. The van der Waals surface area contributed by atoms with Crippen LogP contribution in [-0.4, -0.2) is 30.1 Å². The zero-order valence-corrected chi connectivity index (χ0v) is 10.9. The lowest BCUT2D eigenvalue weighted by Crippen LogP contribution is -2.40. The number of phenolic OH excluding ortho intramolecular Hbond substituents is 1. The second kappa shape index (κ2) is 5.21. The van der Waals surface area contributed by atoms with Crippen LogP contribution >= 0.6 is 0 Å². The summed E-state index contributed by atoms with van der Waals surface area (Å²) in [7, 11) is 0. The van der Waals surface area contributed by atoms with E-state index in [2.05, 4.69) is 10.6 Å². The average Bonchev–Trinajstić information content (AvgIpc) is 2.86. The van der Waals surface area contributed by atoms with Gasteiger partial charge >= 0.3 is 0 Å². The van der Waals surface area contributed by atoms with Gasteiger partial charge in [0.05, 0.1) is 5.56 Å². The van der Waals surface area contributed by atoms with Gasteiger partial charge in [0.15, 0.2) is 0 Å². The summed E-state index contributed by atoms with van der Waals surface area (Å²) in [6.07, 6.45) is 3.28. The van der Waals surface area contributed by atoms with Crippen molar-refractivity contribution in [3.05, 3.63) is 29.8 Å². The van der Waals surface area contributed by atoms with Crippen LogP contribution in [0.4, 0.5) is 0 Å². The lowest BCUT2D eigenvalue weighted by atomic mass is 9.79. The lowest BCUT2D eigenvalue weighted by molar-refractivity contribution is 0.0911. The van der Waals surface area contributed by atoms with Crippen LogP contribution in [0.2, 0.25) is 0 Å². The minimum Gasteiger partial charge on any atom is -0.507 e. The van der Waals surface area contributed by atoms with Crippen LogP contribution in [0.3, 0.4) is 0 Å². The second-order valence-electron chi connectivity index (χ2n) is 5.68. The SMILES string of the molecule is O=C(NC1CC[C@H]2CNC[C@H]2C1)c1ccccc1O. The van der Waals surface area contributed by atoms with Gasteiger partial charge in [-0.15, -0.1) is 0 Å². The molecule has 1 heterocycles. The number of amides is 1. The Kier molecular flexibility index (Phi) is 3.42. The van der Waals surface area contributed by atoms with Gasteiger partial charge < -0.3 is 15.7 Å². The Balaban J connectivity index is 1.62. The van der Waals surface area contributed by atoms with Crippen LogP contribution in [0.15, 0.2) is 24.3 Å². The van der Waals surface area contributed by atoms with Crippen LogP contribution in [0, 0.1) is 11.8 Å². The molecule has 4 nitrogen and oxygen atoms in total. The van der Waals surface area contributed by atoms with E-state index in [4.69, 9.17) is 0 Å². The van der Waals surface area contributed by atoms with E-state index in [-0.39, 0.29) is 17.7 Å². The number of rotatable bonds is 2. The van der Waals surface area contributed by atoms with E-state index in [1.54, 1.807) is 24.3 Å². The van der Waals surface area contributed by atoms with Gasteiger partial charge in [0.25, 0.3) is 5.91 Å². The number of aromatic hydroxyl groups is 1. The van der Waals surface area contributed by atoms with Crippen molar-refractivity contribution < 1.29 is 9.90 Å². The highest BCUT2D eigenvalue weighted by Gasteiger charge is 2.34. The van der Waals surface area contributed by atoms with Crippen molar-refractivity contribution in [3.63, 3.8) is 0 Å². The predicted octanol–water partition coefficient (Wildman–Crippen LogP) is 1.51. The number of hydrogen-bond acceptors (Lipinski definition) is 3. The highest BCUT2D eigenvalue weighted by molar-refractivity contribution is 5.96. The van der Waals surface area contributed by atoms with Gasteiger partial charge in [-0.25, -0.2) is 0 Å². The highest BCUT2D eigenvalue weighted by Crippen LogP contribution is 2.32. The molecule has 1 aliphatic carbocycles. The molecule has 1 aliphatic heterocycles. The zero-order chi connectivity index (χ0) is 13.2. The normalized spacial score (nSPS) is 29.8. The Morgan fingerprint density at radius 1 is 1.21 bits per heavy atom. The van der Waals surface area contributed by atoms with Crippen LogP contribution in [0.1, 0.15) is 29.6 Å². The van der Waals surface area contributed by atoms with Gasteiger partial charge in [-0.05, 0) is 56.3 Å². The van der Waals surface area contributed by atoms with Gasteiger partial charge in [0.1, 0.15) is 5.75 Å². The minimum absolute atomic E-state index is 0.0521. The van der Waals surface area contributed by atoms with E-state index < -0.39 is 0 Å². The molecule has 1 unspecified atom stereocenters. The molecule has 0 radical (unpaired) electrons. The molecular formula is C15H20N2O2. The smallest absolute Gasteiger partial charge is 0.255 e. The first kappa shape index (κ1) is 12.5. The molecule has 3 rings (SSSR count). The van der Waals surface area contributed by atoms with Gasteiger partial charge in [0.2, 0.25) is 0 Å². The summed E-state index contributed by atoms with van der Waals surface area (Å²) >= 11 is 0. The monoisotopic (exact) mass is 260 g/mol. The molecule has 1 aromatic carbocycles. The molecule has 19 heavy (non-hydrogen) atoms. The summed E-state index contributed by atoms with van der Waals surface area (Å²) in [6, 6.07) is 6.95. The molecule has 1 amide bonds. The topological polar surface area (TPSA) is 61.4 Å². The van der Waals surface area contributed by atoms with E-state index in [0.29, 0.717) is 11.5 Å². The molecule has 3 atom stereocenters. The van der Waals surface area contributed by atoms with Gasteiger partial charge in [0, 0.05) is 6.04 Å². The number of carbonyl (C=O) groups is 1. The van der Waals surface area contributed by atoms with E-state index >= 15 is 0 Å². The number of para-hydroxylation sites is 1. The van der Waals surface area contributed by atoms with Crippen molar-refractivity contribution in [2.45, 2.75) is 25.3 Å². The largest absolute Gasteiger partial charge is 0.507 e. The maximum atomic E-state index is 12.1. The summed E-state index contributed by atoms with van der Waals surface area (Å²) in [5.41, 5.74) is 0.370. The number of hydrogen-bond donors (Lipinski definition) is 3. The Bertz CT molecular complexity index is 475. The summed E-state index contributed by atoms with van der Waals surface area (Å²) in [5.74, 6) is 1.38. The van der Waals surface area contributed by atoms with Crippen molar-refractivity contribution in [3.8, 4) is 5.75 Å². The van der Waals surface area contributed by atoms with Crippen molar-refractivity contribution in [2.24, 2.45) is 11.8 Å². The fraction of sp³-hybridized carbons (Fsp3) is 0.533. The van der Waals surface area contributed by atoms with Crippen molar-refractivity contribution in [2.75, 3.05) is 13.1 Å². The first-order valence-electron chi connectivity index (χ1n) is 7.03. The Labute approximate surface area is 113 Å². The van der Waals surface area contributed by atoms with Crippen molar-refractivity contribution in [1.29, 1.82) is 0 Å². The first-order valence-corrected chi connectivity index (χ1v) is 7.03. The van der Waals surface area contributed by atoms with Gasteiger partial charge in [-0.1, -0.05) is 12.1 Å². The Hall–Kier alpha value is -1.55. The summed E-state index contributed by atoms with van der Waals surface area (Å²) in [5, 5.41) is 16.2. The number of carbonyl (C=O) groups excluding carboxylic acids is 1. The Morgan fingerprint density at radius 2 is 2.00 bits per heavy atom. The van der Waals surface area contributed by atoms with E-state index in [9.17, 15) is 9.90 Å². The quantitative estimate of drug-likeness (QED) is 0.755. The van der Waals surface area contributed by atoms with Crippen LogP contribution in [0.25, 0.3) is 0 Å². The van der Waals surface area contributed by atoms with E-state index in [0.717, 1.165) is 31.8 Å². The molecule has 2 fully saturated rings. The predicted molar refractivity (Wildman–Crippen MR) is 73.1 cm³/mol. The lowest BCUT2D eigenvalue weighted by Gasteiger charge is -2.31. The zero-order valence-electron chi connectivity index (χ0n) is 10.9. The fourth-order valence-corrected chi connectivity index (χ4v) is 3.36. The molecule has 0 aromatic heterocycles. The molecule has 102 valence electrons. The fourth-order valence-electron chi connectivity index (χ4n) is 3.36. The van der Waals surface area contributed by atoms with Crippen LogP contribution in [0.5, 0.6) is 5.75 Å². The van der Waals surface area contributed by atoms with Crippen molar-refractivity contribution >= 4 is 5.91 Å². The molecular weight excluding hydrogens is 240 g/mol. The van der Waals surface area contributed by atoms with Crippen LogP contribution in [-0.2, 0) is 0 Å². The third kappa shape index (κ3) is 2.59. The second-order valence-corrected chi connectivity index (χ2v) is 5.68. The number of benzene rings is 1. The summed E-state index contributed by atoms with van der Waals surface area (Å²) < 4.78 is 0. The third-order valence-electron chi connectivity index (χ3n) is 4.44. The summed E-state index contributed by atoms with van der Waals surface area (Å²) in [4.78, 5) is 12.1. The first-order chi connectivity index (χ1) is 9.24. The molecule has 1 saturated heterocycles. The molecule has 1 saturated carbocycles. The maximum Gasteiger partial charge on any atom is 0.255 e. The number of phenols is 1. The molecule has 2 aliphatic rings. The van der Waals surface area contributed by atoms with Crippen LogP contribution < -0.4 is 10.6 Å². The van der Waals surface area contributed by atoms with Crippen molar-refractivity contribution in [1.82, 2.24) is 10.6 Å².